The maximum Gasteiger partial charge on any atom is 0.252 e. The van der Waals surface area contributed by atoms with Crippen LogP contribution in [-0.2, 0) is 9.59 Å². The first-order valence-corrected chi connectivity index (χ1v) is 8.93. The molecule has 1 saturated carbocycles. The van der Waals surface area contributed by atoms with E-state index in [-0.39, 0.29) is 17.9 Å². The first-order chi connectivity index (χ1) is 11.5. The van der Waals surface area contributed by atoms with Crippen LogP contribution >= 0.6 is 0 Å². The molecule has 1 atom stereocenters. The second kappa shape index (κ2) is 6.93. The Kier molecular flexibility index (Phi) is 4.90. The van der Waals surface area contributed by atoms with Gasteiger partial charge in [0, 0.05) is 18.7 Å². The van der Waals surface area contributed by atoms with Crippen molar-refractivity contribution in [3.8, 4) is 0 Å². The maximum atomic E-state index is 12.5. The van der Waals surface area contributed by atoms with Gasteiger partial charge in [0.25, 0.3) is 5.91 Å². The van der Waals surface area contributed by atoms with Crippen molar-refractivity contribution < 1.29 is 14.7 Å². The van der Waals surface area contributed by atoms with Gasteiger partial charge in [-0.15, -0.1) is 0 Å². The van der Waals surface area contributed by atoms with Gasteiger partial charge >= 0.3 is 0 Å². The highest BCUT2D eigenvalue weighted by atomic mass is 16.3. The number of carbonyl (C=O) groups excluding carboxylic acids is 2. The number of amides is 2. The highest BCUT2D eigenvalue weighted by Crippen LogP contribution is 2.30. The van der Waals surface area contributed by atoms with E-state index in [4.69, 9.17) is 0 Å². The molecule has 2 N–H and O–H groups in total. The van der Waals surface area contributed by atoms with Crippen LogP contribution in [0, 0.1) is 0 Å². The molecule has 5 nitrogen and oxygen atoms in total. The molecule has 0 aromatic heterocycles. The van der Waals surface area contributed by atoms with Gasteiger partial charge in [-0.3, -0.25) is 9.59 Å². The quantitative estimate of drug-likeness (QED) is 0.892. The fourth-order valence-corrected chi connectivity index (χ4v) is 3.66. The molecule has 0 bridgehead atoms. The molecule has 2 aliphatic rings. The van der Waals surface area contributed by atoms with Crippen molar-refractivity contribution in [1.82, 2.24) is 5.32 Å². The van der Waals surface area contributed by atoms with E-state index in [1.165, 1.54) is 0 Å². The minimum atomic E-state index is -1.23. The predicted molar refractivity (Wildman–Crippen MR) is 92.6 cm³/mol. The van der Waals surface area contributed by atoms with Crippen LogP contribution in [0.3, 0.4) is 0 Å². The third kappa shape index (κ3) is 3.46. The number of rotatable bonds is 4. The SMILES string of the molecule is C[C@@H](NC(=O)C1(O)CCCCC1)c1cccc(N2CCCC2=O)c1. The van der Waals surface area contributed by atoms with E-state index in [9.17, 15) is 14.7 Å². The number of hydrogen-bond acceptors (Lipinski definition) is 3. The first kappa shape index (κ1) is 17.0. The van der Waals surface area contributed by atoms with Crippen molar-refractivity contribution in [1.29, 1.82) is 0 Å². The van der Waals surface area contributed by atoms with Crippen LogP contribution in [0.4, 0.5) is 5.69 Å². The molecular weight excluding hydrogens is 304 g/mol. The van der Waals surface area contributed by atoms with Crippen molar-refractivity contribution in [3.05, 3.63) is 29.8 Å². The van der Waals surface area contributed by atoms with E-state index in [1.54, 1.807) is 4.90 Å². The lowest BCUT2D eigenvalue weighted by Crippen LogP contribution is -2.48. The molecule has 1 aliphatic heterocycles. The van der Waals surface area contributed by atoms with E-state index in [0.29, 0.717) is 19.3 Å². The summed E-state index contributed by atoms with van der Waals surface area (Å²) in [6, 6.07) is 7.53. The number of anilines is 1. The lowest BCUT2D eigenvalue weighted by atomic mass is 9.84. The number of nitrogens with zero attached hydrogens (tertiary/aromatic N) is 1. The fraction of sp³-hybridized carbons (Fsp3) is 0.579. The minimum absolute atomic E-state index is 0.153. The molecule has 2 amide bonds. The van der Waals surface area contributed by atoms with Gasteiger partial charge < -0.3 is 15.3 Å². The second-order valence-corrected chi connectivity index (χ2v) is 7.03. The van der Waals surface area contributed by atoms with Crippen LogP contribution in [0.15, 0.2) is 24.3 Å². The van der Waals surface area contributed by atoms with Gasteiger partial charge in [0.15, 0.2) is 0 Å². The summed E-state index contributed by atoms with van der Waals surface area (Å²) in [6.07, 6.45) is 5.43. The van der Waals surface area contributed by atoms with E-state index in [2.05, 4.69) is 5.32 Å². The number of nitrogens with one attached hydrogen (secondary N) is 1. The third-order valence-corrected chi connectivity index (χ3v) is 5.21. The molecule has 0 radical (unpaired) electrons. The molecule has 5 heteroatoms. The largest absolute Gasteiger partial charge is 0.380 e. The van der Waals surface area contributed by atoms with Crippen molar-refractivity contribution in [2.24, 2.45) is 0 Å². The number of hydrogen-bond donors (Lipinski definition) is 2. The minimum Gasteiger partial charge on any atom is -0.380 e. The van der Waals surface area contributed by atoms with E-state index in [0.717, 1.165) is 43.5 Å². The van der Waals surface area contributed by atoms with E-state index >= 15 is 0 Å². The Hall–Kier alpha value is -1.88. The average Bonchev–Trinajstić information content (AvgIpc) is 3.01. The molecule has 130 valence electrons. The molecule has 2 fully saturated rings. The zero-order valence-electron chi connectivity index (χ0n) is 14.3. The van der Waals surface area contributed by atoms with Gasteiger partial charge in [-0.05, 0) is 43.9 Å². The fourth-order valence-electron chi connectivity index (χ4n) is 3.66. The topological polar surface area (TPSA) is 69.6 Å². The van der Waals surface area contributed by atoms with Gasteiger partial charge in [-0.2, -0.15) is 0 Å². The van der Waals surface area contributed by atoms with Crippen LogP contribution < -0.4 is 10.2 Å². The summed E-state index contributed by atoms with van der Waals surface area (Å²) < 4.78 is 0. The van der Waals surface area contributed by atoms with Crippen molar-refractivity contribution >= 4 is 17.5 Å². The Balaban J connectivity index is 1.69. The molecule has 1 aromatic rings. The van der Waals surface area contributed by atoms with Crippen LogP contribution in [0.25, 0.3) is 0 Å². The van der Waals surface area contributed by atoms with Crippen LogP contribution in [0.1, 0.15) is 63.5 Å². The number of carbonyl (C=O) groups is 2. The molecular formula is C19H26N2O3. The smallest absolute Gasteiger partial charge is 0.252 e. The maximum absolute atomic E-state index is 12.5. The average molecular weight is 330 g/mol. The number of aliphatic hydroxyl groups is 1. The van der Waals surface area contributed by atoms with Gasteiger partial charge in [-0.1, -0.05) is 31.4 Å². The monoisotopic (exact) mass is 330 g/mol. The molecule has 1 aromatic carbocycles. The molecule has 1 saturated heterocycles. The summed E-state index contributed by atoms with van der Waals surface area (Å²) in [5, 5.41) is 13.5. The van der Waals surface area contributed by atoms with E-state index < -0.39 is 5.60 Å². The first-order valence-electron chi connectivity index (χ1n) is 8.93. The van der Waals surface area contributed by atoms with Gasteiger partial charge in [0.05, 0.1) is 6.04 Å². The summed E-state index contributed by atoms with van der Waals surface area (Å²) in [7, 11) is 0. The molecule has 0 spiro atoms. The molecule has 0 unspecified atom stereocenters. The Morgan fingerprint density at radius 2 is 2.00 bits per heavy atom. The summed E-state index contributed by atoms with van der Waals surface area (Å²) >= 11 is 0. The standard InChI is InChI=1S/C19H26N2O3/c1-14(20-18(23)19(24)10-3-2-4-11-19)15-7-5-8-16(13-15)21-12-6-9-17(21)22/h5,7-8,13-14,24H,2-4,6,9-12H2,1H3,(H,20,23)/t14-/m1/s1. The Labute approximate surface area is 143 Å². The summed E-state index contributed by atoms with van der Waals surface area (Å²) in [5.74, 6) is -0.127. The van der Waals surface area contributed by atoms with Crippen LogP contribution in [0.2, 0.25) is 0 Å². The van der Waals surface area contributed by atoms with Gasteiger partial charge in [0.1, 0.15) is 5.60 Å². The second-order valence-electron chi connectivity index (χ2n) is 7.03. The summed E-state index contributed by atoms with van der Waals surface area (Å²) in [6.45, 7) is 2.66. The summed E-state index contributed by atoms with van der Waals surface area (Å²) in [4.78, 5) is 26.2. The van der Waals surface area contributed by atoms with Crippen LogP contribution in [-0.4, -0.2) is 29.1 Å². The predicted octanol–water partition coefficient (Wildman–Crippen LogP) is 2.69. The molecule has 24 heavy (non-hydrogen) atoms. The Bertz CT molecular complexity index is 623. The lowest BCUT2D eigenvalue weighted by molar-refractivity contribution is -0.143. The lowest BCUT2D eigenvalue weighted by Gasteiger charge is -2.32. The molecule has 1 aliphatic carbocycles. The normalized spacial score (nSPS) is 21.6. The Morgan fingerprint density at radius 1 is 1.25 bits per heavy atom. The Morgan fingerprint density at radius 3 is 2.67 bits per heavy atom. The molecule has 1 heterocycles. The zero-order valence-corrected chi connectivity index (χ0v) is 14.3. The van der Waals surface area contributed by atoms with Gasteiger partial charge in [0.2, 0.25) is 5.91 Å². The highest BCUT2D eigenvalue weighted by molar-refractivity contribution is 5.95. The summed E-state index contributed by atoms with van der Waals surface area (Å²) in [5.41, 5.74) is 0.599. The van der Waals surface area contributed by atoms with Crippen molar-refractivity contribution in [2.45, 2.75) is 63.5 Å². The van der Waals surface area contributed by atoms with Crippen LogP contribution in [0.5, 0.6) is 0 Å². The van der Waals surface area contributed by atoms with Gasteiger partial charge in [-0.25, -0.2) is 0 Å². The zero-order chi connectivity index (χ0) is 17.2. The van der Waals surface area contributed by atoms with Crippen molar-refractivity contribution in [2.75, 3.05) is 11.4 Å². The third-order valence-electron chi connectivity index (χ3n) is 5.21. The highest BCUT2D eigenvalue weighted by Gasteiger charge is 2.37. The van der Waals surface area contributed by atoms with Crippen molar-refractivity contribution in [3.63, 3.8) is 0 Å². The molecule has 3 rings (SSSR count). The van der Waals surface area contributed by atoms with E-state index in [1.807, 2.05) is 31.2 Å². The number of benzene rings is 1.